The van der Waals surface area contributed by atoms with Crippen LogP contribution in [0.4, 0.5) is 5.69 Å². The second-order valence-corrected chi connectivity index (χ2v) is 10.3. The molecule has 0 atom stereocenters. The van der Waals surface area contributed by atoms with Crippen molar-refractivity contribution in [3.63, 3.8) is 0 Å². The second kappa shape index (κ2) is 9.91. The number of halogens is 1. The topological polar surface area (TPSA) is 84.4 Å². The van der Waals surface area contributed by atoms with Crippen molar-refractivity contribution >= 4 is 38.7 Å². The molecule has 0 radical (unpaired) electrons. The maximum absolute atomic E-state index is 13.3. The molecule has 0 spiro atoms. The third kappa shape index (κ3) is 4.67. The molecule has 1 aromatic heterocycles. The molecule has 0 unspecified atom stereocenters. The highest BCUT2D eigenvalue weighted by Crippen LogP contribution is 2.34. The molecule has 1 aliphatic carbocycles. The Morgan fingerprint density at radius 2 is 1.53 bits per heavy atom. The maximum atomic E-state index is 13.3. The molecule has 0 saturated carbocycles. The Morgan fingerprint density at radius 1 is 0.882 bits per heavy atom. The van der Waals surface area contributed by atoms with E-state index in [1.54, 1.807) is 65.7 Å². The van der Waals surface area contributed by atoms with E-state index in [1.807, 2.05) is 6.92 Å². The molecular formula is C26H23ClN2O4S. The highest BCUT2D eigenvalue weighted by atomic mass is 35.5. The van der Waals surface area contributed by atoms with Crippen LogP contribution in [0.15, 0.2) is 88.6 Å². The number of nitrogens with zero attached hydrogens (tertiary/aromatic N) is 2. The third-order valence-corrected chi connectivity index (χ3v) is 7.63. The standard InChI is InChI=1S/C26H23ClN2O4S/c1-2-3-16-29(24-23(27)25(30)21-9-4-5-10-22(21)26(24)31)19-11-13-20(14-12-19)34(32,33)17-18-8-6-7-15-28-18/h4-15H,2-3,16-17H2,1H3. The first kappa shape index (κ1) is 23.9. The van der Waals surface area contributed by atoms with Crippen molar-refractivity contribution in [3.05, 3.63) is 100 Å². The fourth-order valence-corrected chi connectivity index (χ4v) is 5.42. The van der Waals surface area contributed by atoms with Gasteiger partial charge in [0.2, 0.25) is 11.6 Å². The number of hydrogen-bond acceptors (Lipinski definition) is 6. The van der Waals surface area contributed by atoms with Crippen LogP contribution in [-0.4, -0.2) is 31.5 Å². The minimum atomic E-state index is -3.61. The number of fused-ring (bicyclic) bond motifs is 1. The quantitative estimate of drug-likeness (QED) is 0.428. The number of ketones is 2. The first-order valence-electron chi connectivity index (χ1n) is 10.9. The van der Waals surface area contributed by atoms with E-state index in [0.717, 1.165) is 12.8 Å². The van der Waals surface area contributed by atoms with Crippen molar-refractivity contribution in [1.82, 2.24) is 4.98 Å². The van der Waals surface area contributed by atoms with Crippen LogP contribution >= 0.6 is 11.6 Å². The van der Waals surface area contributed by atoms with Crippen molar-refractivity contribution < 1.29 is 18.0 Å². The van der Waals surface area contributed by atoms with Crippen LogP contribution in [0.5, 0.6) is 0 Å². The largest absolute Gasteiger partial charge is 0.337 e. The van der Waals surface area contributed by atoms with Crippen LogP contribution in [0, 0.1) is 0 Å². The van der Waals surface area contributed by atoms with Gasteiger partial charge in [0.15, 0.2) is 9.84 Å². The summed E-state index contributed by atoms with van der Waals surface area (Å²) in [6.07, 6.45) is 3.16. The summed E-state index contributed by atoms with van der Waals surface area (Å²) in [5, 5.41) is -0.133. The van der Waals surface area contributed by atoms with Gasteiger partial charge in [-0.15, -0.1) is 0 Å². The summed E-state index contributed by atoms with van der Waals surface area (Å²) in [7, 11) is -3.61. The molecule has 2 aromatic carbocycles. The number of sulfone groups is 1. The summed E-state index contributed by atoms with van der Waals surface area (Å²) < 4.78 is 25.7. The van der Waals surface area contributed by atoms with Crippen molar-refractivity contribution in [1.29, 1.82) is 0 Å². The molecule has 6 nitrogen and oxygen atoms in total. The van der Waals surface area contributed by atoms with Gasteiger partial charge in [-0.05, 0) is 42.8 Å². The number of rotatable bonds is 8. The summed E-state index contributed by atoms with van der Waals surface area (Å²) in [6.45, 7) is 2.47. The van der Waals surface area contributed by atoms with Crippen LogP contribution < -0.4 is 4.90 Å². The molecule has 3 aromatic rings. The van der Waals surface area contributed by atoms with Gasteiger partial charge >= 0.3 is 0 Å². The van der Waals surface area contributed by atoms with E-state index in [2.05, 4.69) is 4.98 Å². The predicted molar refractivity (Wildman–Crippen MR) is 132 cm³/mol. The third-order valence-electron chi connectivity index (χ3n) is 5.62. The molecule has 0 amide bonds. The Morgan fingerprint density at radius 3 is 2.15 bits per heavy atom. The zero-order valence-corrected chi connectivity index (χ0v) is 20.1. The summed E-state index contributed by atoms with van der Waals surface area (Å²) >= 11 is 6.44. The minimum Gasteiger partial charge on any atom is -0.337 e. The predicted octanol–water partition coefficient (Wildman–Crippen LogP) is 5.19. The number of pyridine rings is 1. The number of Topliss-reactive ketones (excluding diaryl/α,β-unsaturated/α-hetero) is 2. The second-order valence-electron chi connectivity index (χ2n) is 7.95. The SMILES string of the molecule is CCCCN(C1=C(Cl)C(=O)c2ccccc2C1=O)c1ccc(S(=O)(=O)Cc2ccccn2)cc1. The van der Waals surface area contributed by atoms with E-state index in [-0.39, 0.29) is 32.7 Å². The minimum absolute atomic E-state index is 0.114. The summed E-state index contributed by atoms with van der Waals surface area (Å²) in [4.78, 5) is 32.2. The normalized spacial score (nSPS) is 13.7. The Labute approximate surface area is 203 Å². The van der Waals surface area contributed by atoms with Gasteiger partial charge < -0.3 is 4.90 Å². The van der Waals surface area contributed by atoms with Crippen LogP contribution in [0.25, 0.3) is 0 Å². The zero-order chi connectivity index (χ0) is 24.3. The van der Waals surface area contributed by atoms with E-state index >= 15 is 0 Å². The van der Waals surface area contributed by atoms with Gasteiger partial charge in [0.1, 0.15) is 10.7 Å². The number of unbranched alkanes of at least 4 members (excludes halogenated alkanes) is 1. The average molecular weight is 495 g/mol. The van der Waals surface area contributed by atoms with Gasteiger partial charge in [0.05, 0.1) is 16.3 Å². The molecule has 174 valence electrons. The fraction of sp³-hybridized carbons (Fsp3) is 0.192. The van der Waals surface area contributed by atoms with Gasteiger partial charge in [-0.3, -0.25) is 14.6 Å². The van der Waals surface area contributed by atoms with Crippen molar-refractivity contribution in [2.75, 3.05) is 11.4 Å². The average Bonchev–Trinajstić information content (AvgIpc) is 2.85. The first-order valence-corrected chi connectivity index (χ1v) is 12.9. The number of carbonyl (C=O) groups excluding carboxylic acids is 2. The lowest BCUT2D eigenvalue weighted by Crippen LogP contribution is -2.34. The highest BCUT2D eigenvalue weighted by molar-refractivity contribution is 7.90. The van der Waals surface area contributed by atoms with E-state index in [0.29, 0.717) is 23.5 Å². The number of hydrogen-bond donors (Lipinski definition) is 0. The number of aromatic nitrogens is 1. The Bertz CT molecular complexity index is 1370. The van der Waals surface area contributed by atoms with Crippen molar-refractivity contribution in [3.8, 4) is 0 Å². The molecule has 0 fully saturated rings. The van der Waals surface area contributed by atoms with Gasteiger partial charge in [-0.1, -0.05) is 55.3 Å². The number of benzene rings is 2. The van der Waals surface area contributed by atoms with Crippen LogP contribution in [0.3, 0.4) is 0 Å². The molecular weight excluding hydrogens is 472 g/mol. The lowest BCUT2D eigenvalue weighted by atomic mass is 9.91. The zero-order valence-electron chi connectivity index (χ0n) is 18.6. The van der Waals surface area contributed by atoms with Crippen molar-refractivity contribution in [2.45, 2.75) is 30.4 Å². The Hall–Kier alpha value is -3.29. The van der Waals surface area contributed by atoms with E-state index < -0.39 is 15.6 Å². The highest BCUT2D eigenvalue weighted by Gasteiger charge is 2.34. The summed E-state index contributed by atoms with van der Waals surface area (Å²) in [6, 6.07) is 18.0. The van der Waals surface area contributed by atoms with Crippen LogP contribution in [-0.2, 0) is 15.6 Å². The molecule has 1 heterocycles. The number of carbonyl (C=O) groups is 2. The summed E-state index contributed by atoms with van der Waals surface area (Å²) in [5.41, 5.74) is 1.75. The molecule has 0 saturated heterocycles. The maximum Gasteiger partial charge on any atom is 0.211 e. The molecule has 34 heavy (non-hydrogen) atoms. The van der Waals surface area contributed by atoms with Crippen LogP contribution in [0.1, 0.15) is 46.2 Å². The van der Waals surface area contributed by atoms with E-state index in [4.69, 9.17) is 11.6 Å². The van der Waals surface area contributed by atoms with Gasteiger partial charge in [0.25, 0.3) is 0 Å². The number of allylic oxidation sites excluding steroid dienone is 2. The van der Waals surface area contributed by atoms with Crippen molar-refractivity contribution in [2.24, 2.45) is 0 Å². The first-order chi connectivity index (χ1) is 16.3. The summed E-state index contributed by atoms with van der Waals surface area (Å²) in [5.74, 6) is -0.945. The Balaban J connectivity index is 1.69. The molecule has 0 aliphatic heterocycles. The van der Waals surface area contributed by atoms with Gasteiger partial charge in [0, 0.05) is 29.6 Å². The number of anilines is 1. The molecule has 0 N–H and O–H groups in total. The molecule has 4 rings (SSSR count). The van der Waals surface area contributed by atoms with Gasteiger partial charge in [-0.2, -0.15) is 0 Å². The fourth-order valence-electron chi connectivity index (χ4n) is 3.85. The van der Waals surface area contributed by atoms with E-state index in [9.17, 15) is 18.0 Å². The Kier molecular flexibility index (Phi) is 6.95. The lowest BCUT2D eigenvalue weighted by Gasteiger charge is -2.30. The molecule has 0 bridgehead atoms. The molecule has 8 heteroatoms. The smallest absolute Gasteiger partial charge is 0.211 e. The van der Waals surface area contributed by atoms with E-state index in [1.165, 1.54) is 12.1 Å². The lowest BCUT2D eigenvalue weighted by molar-refractivity contribution is 0.0978. The molecule has 1 aliphatic rings. The van der Waals surface area contributed by atoms with Gasteiger partial charge in [-0.25, -0.2) is 8.42 Å². The van der Waals surface area contributed by atoms with Crippen LogP contribution in [0.2, 0.25) is 0 Å². The monoisotopic (exact) mass is 494 g/mol.